The first-order valence-corrected chi connectivity index (χ1v) is 8.50. The van der Waals surface area contributed by atoms with Gasteiger partial charge >= 0.3 is 0 Å². The van der Waals surface area contributed by atoms with Crippen molar-refractivity contribution < 1.29 is 4.79 Å². The molecule has 6 nitrogen and oxygen atoms in total. The summed E-state index contributed by atoms with van der Waals surface area (Å²) < 4.78 is 0. The molecule has 0 unspecified atom stereocenters. The van der Waals surface area contributed by atoms with Crippen LogP contribution in [-0.4, -0.2) is 27.4 Å². The maximum atomic E-state index is 12.2. The Kier molecular flexibility index (Phi) is 5.53. The van der Waals surface area contributed by atoms with Crippen molar-refractivity contribution in [2.45, 2.75) is 20.4 Å². The van der Waals surface area contributed by atoms with Gasteiger partial charge in [0, 0.05) is 31.2 Å². The second kappa shape index (κ2) is 8.20. The second-order valence-corrected chi connectivity index (χ2v) is 5.89. The summed E-state index contributed by atoms with van der Waals surface area (Å²) in [6.45, 7) is 5.27. The van der Waals surface area contributed by atoms with Gasteiger partial charge in [-0.05, 0) is 43.2 Å². The first kappa shape index (κ1) is 17.5. The van der Waals surface area contributed by atoms with Crippen LogP contribution in [0.3, 0.4) is 0 Å². The monoisotopic (exact) mass is 347 g/mol. The van der Waals surface area contributed by atoms with Gasteiger partial charge in [0.25, 0.3) is 5.91 Å². The molecule has 0 saturated heterocycles. The molecule has 1 amide bonds. The summed E-state index contributed by atoms with van der Waals surface area (Å²) in [6.07, 6.45) is 6.55. The Labute approximate surface area is 153 Å². The predicted molar refractivity (Wildman–Crippen MR) is 101 cm³/mol. The van der Waals surface area contributed by atoms with Crippen molar-refractivity contribution in [3.63, 3.8) is 0 Å². The molecule has 6 heteroatoms. The fourth-order valence-corrected chi connectivity index (χ4v) is 2.63. The largest absolute Gasteiger partial charge is 0.347 e. The molecule has 0 spiro atoms. The van der Waals surface area contributed by atoms with Gasteiger partial charge in [-0.25, -0.2) is 9.97 Å². The minimum Gasteiger partial charge on any atom is -0.347 e. The third kappa shape index (κ3) is 4.22. The van der Waals surface area contributed by atoms with E-state index in [1.165, 1.54) is 11.8 Å². The fourth-order valence-electron chi connectivity index (χ4n) is 2.63. The molecule has 2 aromatic heterocycles. The summed E-state index contributed by atoms with van der Waals surface area (Å²) >= 11 is 0. The number of pyridine rings is 1. The van der Waals surface area contributed by atoms with Crippen molar-refractivity contribution in [3.8, 4) is 0 Å². The number of nitrogens with one attached hydrogen (secondary N) is 1. The van der Waals surface area contributed by atoms with Crippen LogP contribution in [0.25, 0.3) is 0 Å². The highest BCUT2D eigenvalue weighted by atomic mass is 16.1. The SMILES string of the molecule is CCN(c1cccc(C)c1)c1cnc(C(=O)NCc2cccnc2)cn1. The third-order valence-corrected chi connectivity index (χ3v) is 3.95. The van der Waals surface area contributed by atoms with Gasteiger partial charge in [-0.1, -0.05) is 18.2 Å². The van der Waals surface area contributed by atoms with Crippen molar-refractivity contribution in [1.29, 1.82) is 0 Å². The minimum atomic E-state index is -0.258. The Bertz CT molecular complexity index is 865. The van der Waals surface area contributed by atoms with E-state index in [0.29, 0.717) is 12.4 Å². The highest BCUT2D eigenvalue weighted by Gasteiger charge is 2.12. The Morgan fingerprint density at radius 3 is 2.65 bits per heavy atom. The number of aryl methyl sites for hydroxylation is 1. The number of amides is 1. The topological polar surface area (TPSA) is 71.0 Å². The van der Waals surface area contributed by atoms with Gasteiger partial charge in [0.2, 0.25) is 0 Å². The Hall–Kier alpha value is -3.28. The van der Waals surface area contributed by atoms with E-state index in [9.17, 15) is 4.79 Å². The van der Waals surface area contributed by atoms with E-state index in [1.807, 2.05) is 24.3 Å². The zero-order valence-electron chi connectivity index (χ0n) is 14.9. The maximum absolute atomic E-state index is 12.2. The molecule has 0 atom stereocenters. The van der Waals surface area contributed by atoms with Gasteiger partial charge in [-0.15, -0.1) is 0 Å². The molecule has 0 aliphatic rings. The maximum Gasteiger partial charge on any atom is 0.271 e. The van der Waals surface area contributed by atoms with Crippen LogP contribution in [-0.2, 0) is 6.54 Å². The van der Waals surface area contributed by atoms with Crippen molar-refractivity contribution in [2.75, 3.05) is 11.4 Å². The van der Waals surface area contributed by atoms with Crippen LogP contribution in [0.2, 0.25) is 0 Å². The van der Waals surface area contributed by atoms with Crippen LogP contribution in [0.1, 0.15) is 28.5 Å². The average molecular weight is 347 g/mol. The molecule has 0 bridgehead atoms. The zero-order chi connectivity index (χ0) is 18.4. The van der Waals surface area contributed by atoms with Gasteiger partial charge in [-0.3, -0.25) is 9.78 Å². The lowest BCUT2D eigenvalue weighted by atomic mass is 10.2. The minimum absolute atomic E-state index is 0.258. The molecule has 0 saturated carbocycles. The summed E-state index contributed by atoms with van der Waals surface area (Å²) in [6, 6.07) is 11.9. The number of hydrogen-bond donors (Lipinski definition) is 1. The summed E-state index contributed by atoms with van der Waals surface area (Å²) in [5, 5.41) is 2.82. The van der Waals surface area contributed by atoms with E-state index in [2.05, 4.69) is 51.1 Å². The molecule has 0 fully saturated rings. The number of carbonyl (C=O) groups is 1. The van der Waals surface area contributed by atoms with E-state index < -0.39 is 0 Å². The number of benzene rings is 1. The lowest BCUT2D eigenvalue weighted by Gasteiger charge is -2.22. The number of nitrogens with zero attached hydrogens (tertiary/aromatic N) is 4. The third-order valence-electron chi connectivity index (χ3n) is 3.95. The molecule has 1 aromatic carbocycles. The van der Waals surface area contributed by atoms with E-state index in [1.54, 1.807) is 18.6 Å². The van der Waals surface area contributed by atoms with Crippen LogP contribution in [0, 0.1) is 6.92 Å². The predicted octanol–water partition coefficient (Wildman–Crippen LogP) is 3.27. The first-order chi connectivity index (χ1) is 12.7. The summed E-state index contributed by atoms with van der Waals surface area (Å²) in [7, 11) is 0. The van der Waals surface area contributed by atoms with Crippen molar-refractivity contribution in [2.24, 2.45) is 0 Å². The number of hydrogen-bond acceptors (Lipinski definition) is 5. The van der Waals surface area contributed by atoms with Gasteiger partial charge in [-0.2, -0.15) is 0 Å². The molecular formula is C20H21N5O. The lowest BCUT2D eigenvalue weighted by Crippen LogP contribution is -2.24. The van der Waals surface area contributed by atoms with Crippen LogP contribution < -0.4 is 10.2 Å². The van der Waals surface area contributed by atoms with E-state index in [-0.39, 0.29) is 11.6 Å². The summed E-state index contributed by atoms with van der Waals surface area (Å²) in [4.78, 5) is 27.0. The van der Waals surface area contributed by atoms with Gasteiger partial charge in [0.05, 0.1) is 12.4 Å². The van der Waals surface area contributed by atoms with E-state index in [0.717, 1.165) is 17.8 Å². The van der Waals surface area contributed by atoms with Crippen molar-refractivity contribution >= 4 is 17.4 Å². The molecule has 1 N–H and O–H groups in total. The van der Waals surface area contributed by atoms with Crippen LogP contribution in [0.5, 0.6) is 0 Å². The number of aromatic nitrogens is 3. The molecule has 0 aliphatic carbocycles. The normalized spacial score (nSPS) is 10.4. The standard InChI is InChI=1S/C20H21N5O/c1-3-25(17-8-4-6-15(2)10-17)19-14-22-18(13-23-19)20(26)24-12-16-7-5-9-21-11-16/h4-11,13-14H,3,12H2,1-2H3,(H,24,26). The average Bonchev–Trinajstić information content (AvgIpc) is 2.68. The highest BCUT2D eigenvalue weighted by molar-refractivity contribution is 5.92. The second-order valence-electron chi connectivity index (χ2n) is 5.89. The molecule has 3 rings (SSSR count). The van der Waals surface area contributed by atoms with Crippen LogP contribution in [0.15, 0.2) is 61.2 Å². The summed E-state index contributed by atoms with van der Waals surface area (Å²) in [5.41, 5.74) is 3.45. The fraction of sp³-hybridized carbons (Fsp3) is 0.200. The molecule has 3 aromatic rings. The molecule has 0 radical (unpaired) electrons. The van der Waals surface area contributed by atoms with E-state index in [4.69, 9.17) is 0 Å². The van der Waals surface area contributed by atoms with Crippen molar-refractivity contribution in [3.05, 3.63) is 78.0 Å². The number of anilines is 2. The Morgan fingerprint density at radius 1 is 1.12 bits per heavy atom. The van der Waals surface area contributed by atoms with Gasteiger partial charge in [0.15, 0.2) is 5.82 Å². The summed E-state index contributed by atoms with van der Waals surface area (Å²) in [5.74, 6) is 0.452. The lowest BCUT2D eigenvalue weighted by molar-refractivity contribution is 0.0945. The Morgan fingerprint density at radius 2 is 2.00 bits per heavy atom. The first-order valence-electron chi connectivity index (χ1n) is 8.50. The molecule has 132 valence electrons. The van der Waals surface area contributed by atoms with Gasteiger partial charge < -0.3 is 10.2 Å². The molecule has 2 heterocycles. The molecule has 26 heavy (non-hydrogen) atoms. The van der Waals surface area contributed by atoms with Crippen molar-refractivity contribution in [1.82, 2.24) is 20.3 Å². The quantitative estimate of drug-likeness (QED) is 0.741. The highest BCUT2D eigenvalue weighted by Crippen LogP contribution is 2.23. The smallest absolute Gasteiger partial charge is 0.271 e. The number of carbonyl (C=O) groups excluding carboxylic acids is 1. The molecular weight excluding hydrogens is 326 g/mol. The molecule has 0 aliphatic heterocycles. The van der Waals surface area contributed by atoms with Gasteiger partial charge in [0.1, 0.15) is 5.69 Å². The Balaban J connectivity index is 1.70. The van der Waals surface area contributed by atoms with E-state index >= 15 is 0 Å². The van der Waals surface area contributed by atoms with Crippen LogP contribution in [0.4, 0.5) is 11.5 Å². The zero-order valence-corrected chi connectivity index (χ0v) is 14.9. The number of rotatable bonds is 6. The van der Waals surface area contributed by atoms with Crippen LogP contribution >= 0.6 is 0 Å².